The Morgan fingerprint density at radius 3 is 1.38 bits per heavy atom. The number of hydrogen-bond acceptors (Lipinski definition) is 9. The van der Waals surface area contributed by atoms with Crippen LogP contribution in [0.5, 0.6) is 11.5 Å². The van der Waals surface area contributed by atoms with Crippen molar-refractivity contribution in [3.05, 3.63) is 139 Å². The summed E-state index contributed by atoms with van der Waals surface area (Å²) in [5, 5.41) is 19.0. The zero-order valence-corrected chi connectivity index (χ0v) is 37.9. The summed E-state index contributed by atoms with van der Waals surface area (Å²) in [5.74, 6) is -0.756. The Labute approximate surface area is 362 Å². The lowest BCUT2D eigenvalue weighted by molar-refractivity contribution is -0.192. The van der Waals surface area contributed by atoms with Crippen molar-refractivity contribution in [3.8, 4) is 11.5 Å². The number of benzene rings is 4. The number of carboxylic acid groups (broad SMARTS) is 1. The highest BCUT2D eigenvalue weighted by atomic mass is 32.2. The molecular weight excluding hydrogens is 826 g/mol. The molecule has 0 spiro atoms. The molecule has 0 atom stereocenters. The van der Waals surface area contributed by atoms with Crippen LogP contribution in [0.2, 0.25) is 0 Å². The molecule has 0 unspecified atom stereocenters. The quantitative estimate of drug-likeness (QED) is 0.150. The minimum absolute atomic E-state index is 0.0309. The van der Waals surface area contributed by atoms with Crippen LogP contribution in [0.3, 0.4) is 0 Å². The van der Waals surface area contributed by atoms with Gasteiger partial charge < -0.3 is 23.8 Å². The molecule has 0 fully saturated rings. The van der Waals surface area contributed by atoms with Crippen molar-refractivity contribution in [2.75, 3.05) is 0 Å². The van der Waals surface area contributed by atoms with Crippen LogP contribution < -0.4 is 15.6 Å². The number of carbonyl (C=O) groups is 1. The number of carboxylic acids is 1. The number of aliphatic carboxylic acids is 1. The van der Waals surface area contributed by atoms with Gasteiger partial charge in [-0.3, -0.25) is 9.59 Å². The SMILES string of the molecule is Cc1c(SCc2ccc(C(C)(C)C)cc2)oc2cccc(O)c2c1=O.Cc1c(SCc2ccc(C(C)(C)C)cc2)oc2cccc(OC(C)(C)C)c2c1=O.O=C(O)C(F)(F)F. The molecule has 0 aliphatic heterocycles. The molecule has 6 rings (SSSR count). The molecule has 8 nitrogen and oxygen atoms in total. The fourth-order valence-electron chi connectivity index (χ4n) is 5.76. The topological polar surface area (TPSA) is 127 Å². The Morgan fingerprint density at radius 2 is 1.00 bits per heavy atom. The van der Waals surface area contributed by atoms with Crippen molar-refractivity contribution in [1.82, 2.24) is 0 Å². The van der Waals surface area contributed by atoms with Crippen LogP contribution in [-0.4, -0.2) is 28.0 Å². The lowest BCUT2D eigenvalue weighted by Crippen LogP contribution is -2.24. The first-order valence-corrected chi connectivity index (χ1v) is 21.4. The number of thioether (sulfide) groups is 2. The van der Waals surface area contributed by atoms with E-state index in [0.29, 0.717) is 43.6 Å². The van der Waals surface area contributed by atoms with Gasteiger partial charge in [0, 0.05) is 22.6 Å². The molecule has 6 aromatic rings. The predicted molar refractivity (Wildman–Crippen MR) is 240 cm³/mol. The summed E-state index contributed by atoms with van der Waals surface area (Å²) >= 11 is 3.05. The van der Waals surface area contributed by atoms with Gasteiger partial charge in [0.05, 0.1) is 0 Å². The van der Waals surface area contributed by atoms with E-state index in [-0.39, 0.29) is 38.4 Å². The van der Waals surface area contributed by atoms with Crippen LogP contribution in [-0.2, 0) is 27.1 Å². The Bertz CT molecular complexity index is 2590. The molecule has 2 aromatic heterocycles. The number of ether oxygens (including phenoxy) is 1. The monoisotopic (exact) mass is 878 g/mol. The van der Waals surface area contributed by atoms with E-state index < -0.39 is 12.1 Å². The standard InChI is InChI=1S/C25H30O3S.C21H22O3S.C2HF3O2/c1-16-22(26)21-19(9-8-10-20(21)28-25(5,6)7)27-23(16)29-15-17-11-13-18(14-12-17)24(2,3)4;1-13-19(23)18-16(22)6-5-7-17(18)24-20(13)25-12-14-8-10-15(11-9-14)21(2,3)4;3-2(4,5)1(6)7/h8-14H,15H2,1-7H3;5-11,22H,12H2,1-4H3;(H,6,7). The largest absolute Gasteiger partial charge is 0.507 e. The summed E-state index contributed by atoms with van der Waals surface area (Å²) < 4.78 is 49.7. The van der Waals surface area contributed by atoms with Crippen LogP contribution in [0.25, 0.3) is 21.9 Å². The van der Waals surface area contributed by atoms with Crippen LogP contribution in [0, 0.1) is 13.8 Å². The molecule has 2 heterocycles. The van der Waals surface area contributed by atoms with E-state index >= 15 is 0 Å². The second-order valence-electron chi connectivity index (χ2n) is 17.5. The van der Waals surface area contributed by atoms with Crippen LogP contribution in [0.1, 0.15) is 95.7 Å². The molecule has 0 saturated carbocycles. The molecule has 13 heteroatoms. The fraction of sp³-hybridized carbons (Fsp3) is 0.354. The van der Waals surface area contributed by atoms with Crippen LogP contribution in [0.15, 0.2) is 114 Å². The van der Waals surface area contributed by atoms with Crippen molar-refractivity contribution >= 4 is 51.4 Å². The average molecular weight is 879 g/mol. The molecule has 0 radical (unpaired) electrons. The lowest BCUT2D eigenvalue weighted by atomic mass is 9.87. The van der Waals surface area contributed by atoms with Gasteiger partial charge in [-0.05, 0) is 92.0 Å². The van der Waals surface area contributed by atoms with Crippen molar-refractivity contribution < 1.29 is 41.8 Å². The summed E-state index contributed by atoms with van der Waals surface area (Å²) in [5.41, 5.74) is 6.80. The van der Waals surface area contributed by atoms with Gasteiger partial charge in [-0.15, -0.1) is 0 Å². The van der Waals surface area contributed by atoms with Gasteiger partial charge in [-0.1, -0.05) is 126 Å². The summed E-state index contributed by atoms with van der Waals surface area (Å²) in [4.78, 5) is 34.5. The first-order valence-electron chi connectivity index (χ1n) is 19.4. The molecule has 0 bridgehead atoms. The molecule has 4 aromatic carbocycles. The number of phenolic OH excluding ortho intramolecular Hbond substituents is 1. The maximum atomic E-state index is 13.1. The highest BCUT2D eigenvalue weighted by molar-refractivity contribution is 7.98. The van der Waals surface area contributed by atoms with Gasteiger partial charge in [-0.2, -0.15) is 13.2 Å². The zero-order chi connectivity index (χ0) is 45.7. The summed E-state index contributed by atoms with van der Waals surface area (Å²) in [6.07, 6.45) is -5.08. The predicted octanol–water partition coefficient (Wildman–Crippen LogP) is 12.9. The minimum Gasteiger partial charge on any atom is -0.507 e. The Morgan fingerprint density at radius 1 is 0.623 bits per heavy atom. The normalized spacial score (nSPS) is 12.0. The van der Waals surface area contributed by atoms with E-state index in [1.54, 1.807) is 30.8 Å². The average Bonchev–Trinajstić information content (AvgIpc) is 3.15. The van der Waals surface area contributed by atoms with Crippen molar-refractivity contribution in [3.63, 3.8) is 0 Å². The van der Waals surface area contributed by atoms with Crippen LogP contribution >= 0.6 is 23.5 Å². The van der Waals surface area contributed by atoms with E-state index in [2.05, 4.69) is 90.1 Å². The van der Waals surface area contributed by atoms with E-state index in [1.807, 2.05) is 45.9 Å². The number of rotatable bonds is 7. The Hall–Kier alpha value is -5.14. The van der Waals surface area contributed by atoms with Gasteiger partial charge >= 0.3 is 12.1 Å². The van der Waals surface area contributed by atoms with Gasteiger partial charge in [0.15, 0.2) is 10.2 Å². The fourth-order valence-corrected chi connectivity index (χ4v) is 7.65. The first-order chi connectivity index (χ1) is 28.2. The van der Waals surface area contributed by atoms with Gasteiger partial charge in [0.25, 0.3) is 0 Å². The number of phenols is 1. The Kier molecular flexibility index (Phi) is 15.3. The van der Waals surface area contributed by atoms with Gasteiger partial charge in [0.1, 0.15) is 39.0 Å². The van der Waals surface area contributed by atoms with Crippen LogP contribution in [0.4, 0.5) is 13.2 Å². The third-order valence-electron chi connectivity index (χ3n) is 9.18. The third kappa shape index (κ3) is 13.2. The maximum absolute atomic E-state index is 13.1. The summed E-state index contributed by atoms with van der Waals surface area (Å²) in [7, 11) is 0. The third-order valence-corrected chi connectivity index (χ3v) is 11.4. The molecule has 0 aliphatic carbocycles. The van der Waals surface area contributed by atoms with Gasteiger partial charge in [0.2, 0.25) is 10.9 Å². The molecule has 0 saturated heterocycles. The molecule has 0 aliphatic rings. The second kappa shape index (κ2) is 19.3. The van der Waals surface area contributed by atoms with Crippen molar-refractivity contribution in [2.45, 2.75) is 120 Å². The van der Waals surface area contributed by atoms with Crippen molar-refractivity contribution in [1.29, 1.82) is 0 Å². The molecule has 61 heavy (non-hydrogen) atoms. The second-order valence-corrected chi connectivity index (χ2v) is 19.4. The number of halogens is 3. The number of fused-ring (bicyclic) bond motifs is 2. The molecular formula is C48H53F3O8S2. The van der Waals surface area contributed by atoms with E-state index in [1.165, 1.54) is 40.1 Å². The molecule has 0 amide bonds. The number of alkyl halides is 3. The highest BCUT2D eigenvalue weighted by Crippen LogP contribution is 2.34. The summed E-state index contributed by atoms with van der Waals surface area (Å²) in [6.45, 7) is 22.7. The van der Waals surface area contributed by atoms with Gasteiger partial charge in [-0.25, -0.2) is 4.79 Å². The van der Waals surface area contributed by atoms with Crippen molar-refractivity contribution in [2.24, 2.45) is 0 Å². The van der Waals surface area contributed by atoms with E-state index in [4.69, 9.17) is 23.5 Å². The zero-order valence-electron chi connectivity index (χ0n) is 36.3. The van der Waals surface area contributed by atoms with E-state index in [9.17, 15) is 27.9 Å². The first kappa shape index (κ1) is 48.5. The minimum atomic E-state index is -5.08. The molecule has 2 N–H and O–H groups in total. The molecule has 326 valence electrons. The number of aromatic hydroxyl groups is 1. The smallest absolute Gasteiger partial charge is 0.490 e. The maximum Gasteiger partial charge on any atom is 0.490 e. The number of hydrogen-bond donors (Lipinski definition) is 2. The lowest BCUT2D eigenvalue weighted by Gasteiger charge is -2.22. The summed E-state index contributed by atoms with van der Waals surface area (Å²) in [6, 6.07) is 27.6. The Balaban J connectivity index is 0.000000234. The van der Waals surface area contributed by atoms with E-state index in [0.717, 1.165) is 11.5 Å². The highest BCUT2D eigenvalue weighted by Gasteiger charge is 2.38.